The van der Waals surface area contributed by atoms with Crippen LogP contribution in [0, 0.1) is 11.3 Å². The molecular weight excluding hydrogens is 478 g/mol. The summed E-state index contributed by atoms with van der Waals surface area (Å²) in [5.74, 6) is 2.25. The predicted octanol–water partition coefficient (Wildman–Crippen LogP) is 2.24. The number of fused-ring (bicyclic) bond motifs is 1. The number of aromatic nitrogens is 5. The van der Waals surface area contributed by atoms with E-state index in [1.54, 1.807) is 61.7 Å². The first-order valence-corrected chi connectivity index (χ1v) is 11.4. The number of hydrogen-bond donors (Lipinski definition) is 3. The zero-order valence-corrected chi connectivity index (χ0v) is 20.5. The second-order valence-corrected chi connectivity index (χ2v) is 8.34. The van der Waals surface area contributed by atoms with Crippen molar-refractivity contribution in [2.75, 3.05) is 38.1 Å². The molecule has 13 heteroatoms. The molecule has 3 aromatic heterocycles. The normalized spacial score (nSPS) is 15.0. The summed E-state index contributed by atoms with van der Waals surface area (Å²) in [4.78, 5) is 30.5. The van der Waals surface area contributed by atoms with Gasteiger partial charge in [-0.1, -0.05) is 0 Å². The van der Waals surface area contributed by atoms with Crippen LogP contribution in [0.25, 0.3) is 16.7 Å². The van der Waals surface area contributed by atoms with Gasteiger partial charge in [0, 0.05) is 24.9 Å². The number of amides is 1. The molecule has 37 heavy (non-hydrogen) atoms. The summed E-state index contributed by atoms with van der Waals surface area (Å²) in [6, 6.07) is 5.26. The van der Waals surface area contributed by atoms with Crippen LogP contribution in [-0.2, 0) is 4.79 Å². The summed E-state index contributed by atoms with van der Waals surface area (Å²) in [6.45, 7) is 0.597. The minimum atomic E-state index is -0.491. The number of hydrogen-bond acceptors (Lipinski definition) is 10. The third-order valence-corrected chi connectivity index (χ3v) is 6.26. The fourth-order valence-electron chi connectivity index (χ4n) is 4.50. The highest BCUT2D eigenvalue weighted by Gasteiger charge is 2.32. The summed E-state index contributed by atoms with van der Waals surface area (Å²) in [7, 11) is 4.64. The lowest BCUT2D eigenvalue weighted by Gasteiger charge is -2.22. The van der Waals surface area contributed by atoms with E-state index in [1.165, 1.54) is 0 Å². The smallest absolute Gasteiger partial charge is 0.240 e. The van der Waals surface area contributed by atoms with E-state index >= 15 is 0 Å². The van der Waals surface area contributed by atoms with Gasteiger partial charge in [0.1, 0.15) is 35.7 Å². The van der Waals surface area contributed by atoms with Crippen LogP contribution in [0.1, 0.15) is 18.4 Å². The molecule has 0 saturated carbocycles. The van der Waals surface area contributed by atoms with Crippen LogP contribution in [0.15, 0.2) is 30.9 Å². The van der Waals surface area contributed by atoms with E-state index in [9.17, 15) is 10.1 Å². The van der Waals surface area contributed by atoms with Crippen LogP contribution >= 0.6 is 0 Å². The van der Waals surface area contributed by atoms with Crippen molar-refractivity contribution in [3.63, 3.8) is 0 Å². The van der Waals surface area contributed by atoms with Crippen molar-refractivity contribution < 1.29 is 19.0 Å². The first-order valence-electron chi connectivity index (χ1n) is 11.4. The van der Waals surface area contributed by atoms with Crippen molar-refractivity contribution in [2.24, 2.45) is 5.73 Å². The Bertz CT molecular complexity index is 1500. The second-order valence-electron chi connectivity index (χ2n) is 8.34. The number of nitrogens with one attached hydrogen (secondary N) is 2. The number of carbonyl (C=O) groups excluding carboxylic acids is 1. The van der Waals surface area contributed by atoms with Gasteiger partial charge in [0.15, 0.2) is 11.5 Å². The van der Waals surface area contributed by atoms with Crippen molar-refractivity contribution in [3.8, 4) is 29.0 Å². The standard InChI is InChI=1S/C24H25N9O4/c1-35-16-7-14(8-17(36-2)20(16)37-3)32-11-18(28-12-32)29-23-19-13(9-25)10-27-22(19)30-24(31-23)33-6-4-5-15(33)21(26)34/h7-8,10-12,15H,4-6H2,1-3H3,(H2,26,34)(H2,27,29,30,31). The Hall–Kier alpha value is -4.99. The number of benzene rings is 1. The molecule has 0 radical (unpaired) electrons. The van der Waals surface area contributed by atoms with E-state index in [-0.39, 0.29) is 0 Å². The average Bonchev–Trinajstić information content (AvgIpc) is 3.67. The SMILES string of the molecule is COc1cc(-n2cnc(Nc3nc(N4CCCC4C(N)=O)nc4[nH]cc(C#N)c34)c2)cc(OC)c1OC. The summed E-state index contributed by atoms with van der Waals surface area (Å²) < 4.78 is 18.1. The van der Waals surface area contributed by atoms with Gasteiger partial charge in [-0.3, -0.25) is 4.79 Å². The molecule has 5 rings (SSSR count). The molecule has 4 aromatic rings. The molecule has 1 aliphatic heterocycles. The van der Waals surface area contributed by atoms with Gasteiger partial charge >= 0.3 is 0 Å². The number of rotatable bonds is 8. The first-order chi connectivity index (χ1) is 18.0. The van der Waals surface area contributed by atoms with Crippen LogP contribution in [0.4, 0.5) is 17.6 Å². The number of imidazole rings is 1. The van der Waals surface area contributed by atoms with Gasteiger partial charge in [-0.25, -0.2) is 4.98 Å². The summed E-state index contributed by atoms with van der Waals surface area (Å²) in [5.41, 5.74) is 7.17. The molecule has 0 aliphatic carbocycles. The Labute approximate surface area is 211 Å². The predicted molar refractivity (Wildman–Crippen MR) is 135 cm³/mol. The third-order valence-electron chi connectivity index (χ3n) is 6.26. The number of nitrogens with two attached hydrogens (primary N) is 1. The number of ether oxygens (including phenoxy) is 3. The summed E-state index contributed by atoms with van der Waals surface area (Å²) >= 11 is 0. The number of nitriles is 1. The van der Waals surface area contributed by atoms with Crippen LogP contribution in [0.5, 0.6) is 17.2 Å². The molecule has 1 amide bonds. The molecule has 1 fully saturated rings. The van der Waals surface area contributed by atoms with Crippen molar-refractivity contribution >= 4 is 34.5 Å². The van der Waals surface area contributed by atoms with Crippen molar-refractivity contribution in [1.29, 1.82) is 5.26 Å². The van der Waals surface area contributed by atoms with E-state index < -0.39 is 11.9 Å². The van der Waals surface area contributed by atoms with E-state index in [0.717, 1.165) is 12.1 Å². The lowest BCUT2D eigenvalue weighted by molar-refractivity contribution is -0.119. The number of carbonyl (C=O) groups is 1. The minimum Gasteiger partial charge on any atom is -0.493 e. The lowest BCUT2D eigenvalue weighted by atomic mass is 10.2. The molecule has 1 saturated heterocycles. The van der Waals surface area contributed by atoms with Gasteiger partial charge in [0.05, 0.1) is 44.2 Å². The van der Waals surface area contributed by atoms with Gasteiger partial charge in [-0.15, -0.1) is 0 Å². The minimum absolute atomic E-state index is 0.340. The number of anilines is 3. The highest BCUT2D eigenvalue weighted by Crippen LogP contribution is 2.39. The molecular formula is C24H25N9O4. The lowest BCUT2D eigenvalue weighted by Crippen LogP contribution is -2.41. The summed E-state index contributed by atoms with van der Waals surface area (Å²) in [6.07, 6.45) is 6.37. The van der Waals surface area contributed by atoms with Gasteiger partial charge in [0.25, 0.3) is 0 Å². The number of methoxy groups -OCH3 is 3. The molecule has 4 heterocycles. The van der Waals surface area contributed by atoms with E-state index in [1.807, 2.05) is 0 Å². The van der Waals surface area contributed by atoms with E-state index in [2.05, 4.69) is 31.3 Å². The second kappa shape index (κ2) is 9.57. The summed E-state index contributed by atoms with van der Waals surface area (Å²) in [5, 5.41) is 13.3. The number of H-pyrrole nitrogens is 1. The number of primary amides is 1. The fraction of sp³-hybridized carbons (Fsp3) is 0.292. The van der Waals surface area contributed by atoms with Crippen LogP contribution in [0.3, 0.4) is 0 Å². The van der Waals surface area contributed by atoms with E-state index in [0.29, 0.717) is 64.4 Å². The molecule has 1 aromatic carbocycles. The van der Waals surface area contributed by atoms with Crippen molar-refractivity contribution in [2.45, 2.75) is 18.9 Å². The zero-order valence-electron chi connectivity index (χ0n) is 20.5. The quantitative estimate of drug-likeness (QED) is 0.324. The average molecular weight is 504 g/mol. The van der Waals surface area contributed by atoms with Gasteiger partial charge in [-0.05, 0) is 12.8 Å². The van der Waals surface area contributed by atoms with Crippen LogP contribution in [-0.4, -0.2) is 64.3 Å². The molecule has 4 N–H and O–H groups in total. The maximum Gasteiger partial charge on any atom is 0.240 e. The van der Waals surface area contributed by atoms with Gasteiger partial charge < -0.3 is 39.7 Å². The van der Waals surface area contributed by atoms with Gasteiger partial charge in [-0.2, -0.15) is 15.2 Å². The topological polar surface area (TPSA) is 169 Å². The highest BCUT2D eigenvalue weighted by atomic mass is 16.5. The Morgan fingerprint density at radius 2 is 1.97 bits per heavy atom. The van der Waals surface area contributed by atoms with E-state index in [4.69, 9.17) is 19.9 Å². The molecule has 0 spiro atoms. The maximum atomic E-state index is 12.0. The molecule has 1 aliphatic rings. The van der Waals surface area contributed by atoms with Gasteiger partial charge in [0.2, 0.25) is 17.6 Å². The van der Waals surface area contributed by atoms with Crippen molar-refractivity contribution in [1.82, 2.24) is 24.5 Å². The maximum absolute atomic E-state index is 12.0. The first kappa shape index (κ1) is 23.7. The Morgan fingerprint density at radius 3 is 2.62 bits per heavy atom. The molecule has 1 unspecified atom stereocenters. The molecule has 190 valence electrons. The van der Waals surface area contributed by atoms with Crippen molar-refractivity contribution in [3.05, 3.63) is 36.4 Å². The molecule has 0 bridgehead atoms. The Balaban J connectivity index is 1.53. The Morgan fingerprint density at radius 1 is 1.22 bits per heavy atom. The Kier molecular flexibility index (Phi) is 6.14. The number of aromatic amines is 1. The van der Waals surface area contributed by atoms with Crippen LogP contribution < -0.4 is 30.2 Å². The third kappa shape index (κ3) is 4.18. The highest BCUT2D eigenvalue weighted by molar-refractivity contribution is 5.95. The monoisotopic (exact) mass is 503 g/mol. The number of nitrogens with zero attached hydrogens (tertiary/aromatic N) is 6. The fourth-order valence-corrected chi connectivity index (χ4v) is 4.50. The molecule has 13 nitrogen and oxygen atoms in total. The zero-order chi connectivity index (χ0) is 26.1. The molecule has 1 atom stereocenters. The largest absolute Gasteiger partial charge is 0.493 e. The van der Waals surface area contributed by atoms with Crippen LogP contribution in [0.2, 0.25) is 0 Å².